The number of hydrogen-bond donors (Lipinski definition) is 1. The molecule has 1 aromatic carbocycles. The van der Waals surface area contributed by atoms with Crippen LogP contribution in [0.4, 0.5) is 5.69 Å². The van der Waals surface area contributed by atoms with E-state index in [1.54, 1.807) is 18.7 Å². The van der Waals surface area contributed by atoms with Crippen LogP contribution in [0, 0.1) is 19.8 Å². The van der Waals surface area contributed by atoms with Gasteiger partial charge in [0.25, 0.3) is 0 Å². The minimum Gasteiger partial charge on any atom is -0.457 e. The van der Waals surface area contributed by atoms with Crippen molar-refractivity contribution in [1.82, 2.24) is 4.98 Å². The van der Waals surface area contributed by atoms with Crippen LogP contribution in [0.3, 0.4) is 0 Å². The van der Waals surface area contributed by atoms with Gasteiger partial charge in [-0.3, -0.25) is 19.2 Å². The monoisotopic (exact) mass is 410 g/mol. The molecule has 2 aromatic rings. The van der Waals surface area contributed by atoms with Crippen molar-refractivity contribution in [2.45, 2.75) is 40.5 Å². The molecular formula is C23H26N2O5. The van der Waals surface area contributed by atoms with E-state index in [-0.39, 0.29) is 30.3 Å². The van der Waals surface area contributed by atoms with Crippen molar-refractivity contribution in [2.75, 3.05) is 18.1 Å². The average Bonchev–Trinajstić information content (AvgIpc) is 3.25. The molecule has 1 aliphatic rings. The van der Waals surface area contributed by atoms with E-state index in [1.807, 2.05) is 24.3 Å². The lowest BCUT2D eigenvalue weighted by Crippen LogP contribution is -2.27. The first kappa shape index (κ1) is 21.5. The summed E-state index contributed by atoms with van der Waals surface area (Å²) in [6.45, 7) is 6.70. The maximum absolute atomic E-state index is 12.5. The number of anilines is 1. The molecule has 2 heterocycles. The molecule has 30 heavy (non-hydrogen) atoms. The average molecular weight is 410 g/mol. The topological polar surface area (TPSA) is 96.5 Å². The Labute approximate surface area is 175 Å². The van der Waals surface area contributed by atoms with Crippen molar-refractivity contribution >= 4 is 29.1 Å². The van der Waals surface area contributed by atoms with Crippen molar-refractivity contribution in [1.29, 1.82) is 0 Å². The van der Waals surface area contributed by atoms with Gasteiger partial charge in [-0.15, -0.1) is 0 Å². The molecule has 0 radical (unpaired) electrons. The van der Waals surface area contributed by atoms with Gasteiger partial charge >= 0.3 is 5.97 Å². The number of ether oxygens (including phenoxy) is 1. The number of amides is 1. The van der Waals surface area contributed by atoms with Gasteiger partial charge < -0.3 is 14.6 Å². The fourth-order valence-electron chi connectivity index (χ4n) is 3.91. The Kier molecular flexibility index (Phi) is 6.20. The summed E-state index contributed by atoms with van der Waals surface area (Å²) in [5, 5.41) is 0. The number of ketones is 2. The molecule has 1 atom stereocenters. The molecule has 0 saturated carbocycles. The Morgan fingerprint density at radius 1 is 1.17 bits per heavy atom. The summed E-state index contributed by atoms with van der Waals surface area (Å²) < 4.78 is 5.20. The molecule has 0 aliphatic carbocycles. The van der Waals surface area contributed by atoms with Crippen molar-refractivity contribution in [3.8, 4) is 0 Å². The first-order valence-electron chi connectivity index (χ1n) is 10.0. The molecule has 1 N–H and O–H groups in total. The van der Waals surface area contributed by atoms with Gasteiger partial charge in [0.2, 0.25) is 11.7 Å². The van der Waals surface area contributed by atoms with Crippen LogP contribution < -0.4 is 4.90 Å². The normalized spacial score (nSPS) is 16.1. The predicted molar refractivity (Wildman–Crippen MR) is 112 cm³/mol. The van der Waals surface area contributed by atoms with Gasteiger partial charge in [-0.25, -0.2) is 0 Å². The molecule has 0 spiro atoms. The Hall–Kier alpha value is -3.22. The van der Waals surface area contributed by atoms with Gasteiger partial charge in [0.05, 0.1) is 11.6 Å². The molecule has 7 nitrogen and oxygen atoms in total. The largest absolute Gasteiger partial charge is 0.457 e. The van der Waals surface area contributed by atoms with Crippen LogP contribution in [-0.2, 0) is 20.7 Å². The highest BCUT2D eigenvalue weighted by Gasteiger charge is 2.36. The van der Waals surface area contributed by atoms with E-state index in [9.17, 15) is 19.2 Å². The first-order chi connectivity index (χ1) is 14.2. The Bertz CT molecular complexity index is 1000. The summed E-state index contributed by atoms with van der Waals surface area (Å²) in [5.41, 5.74) is 3.83. The lowest BCUT2D eigenvalue weighted by molar-refractivity contribution is -0.147. The third-order valence-corrected chi connectivity index (χ3v) is 5.53. The minimum absolute atomic E-state index is 0.0532. The number of aromatic nitrogens is 1. The van der Waals surface area contributed by atoms with Crippen molar-refractivity contribution in [2.24, 2.45) is 5.92 Å². The number of H-pyrrole nitrogens is 1. The fourth-order valence-corrected chi connectivity index (χ4v) is 3.91. The Morgan fingerprint density at radius 3 is 2.40 bits per heavy atom. The Morgan fingerprint density at radius 2 is 1.83 bits per heavy atom. The molecule has 1 saturated heterocycles. The maximum atomic E-state index is 12.5. The smallest absolute Gasteiger partial charge is 0.311 e. The number of aromatic amines is 1. The molecule has 3 rings (SSSR count). The predicted octanol–water partition coefficient (Wildman–Crippen LogP) is 3.18. The van der Waals surface area contributed by atoms with Crippen molar-refractivity contribution in [3.05, 3.63) is 52.3 Å². The number of rotatable bonds is 7. The highest BCUT2D eigenvalue weighted by atomic mass is 16.5. The standard InChI is InChI=1S/C23H26N2O5/c1-5-16-6-8-18(9-7-16)25-11-17(10-20(25)28)23(29)30-12-19(27)22-13(2)21(15(4)26)14(3)24-22/h6-9,17,24H,5,10-12H2,1-4H3/t17-/m0/s1. The van der Waals surface area contributed by atoms with Crippen LogP contribution >= 0.6 is 0 Å². The molecule has 1 aliphatic heterocycles. The number of esters is 1. The number of hydrogen-bond acceptors (Lipinski definition) is 5. The minimum atomic E-state index is -0.615. The number of nitrogens with zero attached hydrogens (tertiary/aromatic N) is 1. The number of aryl methyl sites for hydroxylation is 2. The molecule has 1 fully saturated rings. The third kappa shape index (κ3) is 4.20. The second kappa shape index (κ2) is 8.65. The molecule has 1 amide bonds. The van der Waals surface area contributed by atoms with E-state index >= 15 is 0 Å². The molecule has 7 heteroatoms. The summed E-state index contributed by atoms with van der Waals surface area (Å²) in [7, 11) is 0. The van der Waals surface area contributed by atoms with Gasteiger partial charge in [-0.2, -0.15) is 0 Å². The van der Waals surface area contributed by atoms with Gasteiger partial charge in [0.1, 0.15) is 0 Å². The number of carbonyl (C=O) groups is 4. The van der Waals surface area contributed by atoms with E-state index in [4.69, 9.17) is 4.74 Å². The third-order valence-electron chi connectivity index (χ3n) is 5.53. The first-order valence-corrected chi connectivity index (χ1v) is 10.0. The van der Waals surface area contributed by atoms with Gasteiger partial charge in [-0.1, -0.05) is 19.1 Å². The number of Topliss-reactive ketones (excluding diaryl/α,β-unsaturated/α-hetero) is 2. The lowest BCUT2D eigenvalue weighted by atomic mass is 10.1. The SMILES string of the molecule is CCc1ccc(N2C[C@@H](C(=O)OCC(=O)c3[nH]c(C)c(C(C)=O)c3C)CC2=O)cc1. The summed E-state index contributed by atoms with van der Waals surface area (Å²) in [5.74, 6) is -1.87. The van der Waals surface area contributed by atoms with Crippen LogP contribution in [0.15, 0.2) is 24.3 Å². The van der Waals surface area contributed by atoms with Crippen LogP contribution in [0.25, 0.3) is 0 Å². The van der Waals surface area contributed by atoms with E-state index in [0.717, 1.165) is 12.1 Å². The van der Waals surface area contributed by atoms with Crippen molar-refractivity contribution < 1.29 is 23.9 Å². The number of nitrogens with one attached hydrogen (secondary N) is 1. The molecule has 158 valence electrons. The maximum Gasteiger partial charge on any atom is 0.311 e. The van der Waals surface area contributed by atoms with E-state index in [0.29, 0.717) is 16.8 Å². The van der Waals surface area contributed by atoms with E-state index in [2.05, 4.69) is 11.9 Å². The van der Waals surface area contributed by atoms with Gasteiger partial charge in [0.15, 0.2) is 12.4 Å². The van der Waals surface area contributed by atoms with E-state index in [1.165, 1.54) is 12.5 Å². The van der Waals surface area contributed by atoms with Gasteiger partial charge in [-0.05, 0) is 50.5 Å². The molecule has 1 aromatic heterocycles. The second-order valence-electron chi connectivity index (χ2n) is 7.64. The van der Waals surface area contributed by atoms with Crippen molar-refractivity contribution in [3.63, 3.8) is 0 Å². The molecule has 0 unspecified atom stereocenters. The number of benzene rings is 1. The zero-order chi connectivity index (χ0) is 22.0. The fraction of sp³-hybridized carbons (Fsp3) is 0.391. The summed E-state index contributed by atoms with van der Waals surface area (Å²) in [6.07, 6.45) is 0.961. The summed E-state index contributed by atoms with van der Waals surface area (Å²) >= 11 is 0. The highest BCUT2D eigenvalue weighted by molar-refractivity contribution is 6.04. The van der Waals surface area contributed by atoms with Crippen LogP contribution in [-0.4, -0.2) is 41.6 Å². The van der Waals surface area contributed by atoms with Gasteiger partial charge in [0, 0.05) is 29.9 Å². The van der Waals surface area contributed by atoms with Crippen LogP contribution in [0.2, 0.25) is 0 Å². The second-order valence-corrected chi connectivity index (χ2v) is 7.64. The quantitative estimate of drug-likeness (QED) is 0.559. The van der Waals surface area contributed by atoms with E-state index < -0.39 is 24.3 Å². The zero-order valence-corrected chi connectivity index (χ0v) is 17.7. The summed E-state index contributed by atoms with van der Waals surface area (Å²) in [6, 6.07) is 7.67. The molecular weight excluding hydrogens is 384 g/mol. The molecule has 0 bridgehead atoms. The zero-order valence-electron chi connectivity index (χ0n) is 17.7. The van der Waals surface area contributed by atoms with Crippen LogP contribution in [0.5, 0.6) is 0 Å². The highest BCUT2D eigenvalue weighted by Crippen LogP contribution is 2.26. The lowest BCUT2D eigenvalue weighted by Gasteiger charge is -2.17. The van der Waals surface area contributed by atoms with Crippen LogP contribution in [0.1, 0.15) is 57.9 Å². The summed E-state index contributed by atoms with van der Waals surface area (Å²) in [4.78, 5) is 53.5. The Balaban J connectivity index is 1.61. The number of carbonyl (C=O) groups excluding carboxylic acids is 4.